The minimum atomic E-state index is -0.0618. The summed E-state index contributed by atoms with van der Waals surface area (Å²) in [6.07, 6.45) is 6.25. The van der Waals surface area contributed by atoms with E-state index < -0.39 is 0 Å². The van der Waals surface area contributed by atoms with Crippen LogP contribution in [0.3, 0.4) is 0 Å². The molecule has 0 bridgehead atoms. The number of carbonyl (C=O) groups excluding carboxylic acids is 1. The lowest BCUT2D eigenvalue weighted by Crippen LogP contribution is -2.24. The van der Waals surface area contributed by atoms with Gasteiger partial charge in [0.15, 0.2) is 5.82 Å². The van der Waals surface area contributed by atoms with Crippen LogP contribution in [0.1, 0.15) is 34.1 Å². The van der Waals surface area contributed by atoms with E-state index in [0.29, 0.717) is 30.3 Å². The number of anilines is 1. The summed E-state index contributed by atoms with van der Waals surface area (Å²) in [6, 6.07) is 5.92. The van der Waals surface area contributed by atoms with Crippen molar-refractivity contribution >= 4 is 11.7 Å². The Kier molecular flexibility index (Phi) is 4.28. The number of fused-ring (bicyclic) bond motifs is 1. The molecule has 2 aliphatic rings. The molecule has 0 radical (unpaired) electrons. The first kappa shape index (κ1) is 17.8. The number of nitrogens with zero attached hydrogens (tertiary/aromatic N) is 5. The fourth-order valence-electron chi connectivity index (χ4n) is 3.91. The highest BCUT2D eigenvalue weighted by atomic mass is 16.5. The van der Waals surface area contributed by atoms with Crippen LogP contribution in [0.25, 0.3) is 11.3 Å². The highest BCUT2D eigenvalue weighted by Crippen LogP contribution is 2.32. The van der Waals surface area contributed by atoms with Gasteiger partial charge in [0.25, 0.3) is 5.91 Å². The Morgan fingerprint density at radius 3 is 2.97 bits per heavy atom. The second kappa shape index (κ2) is 6.97. The van der Waals surface area contributed by atoms with E-state index in [2.05, 4.69) is 10.1 Å². The van der Waals surface area contributed by atoms with Crippen molar-refractivity contribution in [3.63, 3.8) is 0 Å². The highest BCUT2D eigenvalue weighted by molar-refractivity contribution is 6.10. The average molecular weight is 391 g/mol. The first-order valence-corrected chi connectivity index (χ1v) is 9.59. The summed E-state index contributed by atoms with van der Waals surface area (Å²) in [7, 11) is 1.61. The molecule has 1 amide bonds. The molecule has 148 valence electrons. The average Bonchev–Trinajstić information content (AvgIpc) is 3.47. The summed E-state index contributed by atoms with van der Waals surface area (Å²) in [6.45, 7) is 3.75. The van der Waals surface area contributed by atoms with Gasteiger partial charge in [0, 0.05) is 30.6 Å². The van der Waals surface area contributed by atoms with Gasteiger partial charge in [0.1, 0.15) is 5.75 Å². The number of hydrogen-bond donors (Lipinski definition) is 0. The summed E-state index contributed by atoms with van der Waals surface area (Å²) in [5, 5.41) is 4.63. The monoisotopic (exact) mass is 391 g/mol. The lowest BCUT2D eigenvalue weighted by atomic mass is 10.1. The molecule has 1 atom stereocenters. The van der Waals surface area contributed by atoms with Gasteiger partial charge in [-0.1, -0.05) is 0 Å². The first-order chi connectivity index (χ1) is 14.1. The van der Waals surface area contributed by atoms with E-state index >= 15 is 0 Å². The molecule has 8 nitrogen and oxygen atoms in total. The summed E-state index contributed by atoms with van der Waals surface area (Å²) >= 11 is 0. The van der Waals surface area contributed by atoms with Crippen molar-refractivity contribution in [3.8, 4) is 17.0 Å². The van der Waals surface area contributed by atoms with Gasteiger partial charge in [-0.15, -0.1) is 0 Å². The third kappa shape index (κ3) is 3.05. The van der Waals surface area contributed by atoms with Crippen molar-refractivity contribution in [2.75, 3.05) is 25.2 Å². The van der Waals surface area contributed by atoms with Gasteiger partial charge in [-0.2, -0.15) is 5.10 Å². The molecule has 1 saturated heterocycles. The molecule has 0 saturated carbocycles. The van der Waals surface area contributed by atoms with Crippen LogP contribution < -0.4 is 9.64 Å². The molecule has 0 N–H and O–H groups in total. The number of pyridine rings is 2. The number of ether oxygens (including phenoxy) is 2. The van der Waals surface area contributed by atoms with Crippen LogP contribution in [0.5, 0.6) is 5.75 Å². The molecule has 0 unspecified atom stereocenters. The highest BCUT2D eigenvalue weighted by Gasteiger charge is 2.33. The predicted octanol–water partition coefficient (Wildman–Crippen LogP) is 2.78. The zero-order valence-electron chi connectivity index (χ0n) is 16.3. The maximum Gasteiger partial charge on any atom is 0.262 e. The molecule has 29 heavy (non-hydrogen) atoms. The van der Waals surface area contributed by atoms with E-state index in [9.17, 15) is 4.79 Å². The SMILES string of the molecule is COc1cncc(-c2cc(C)c3c(n2)CN(c2ccn([C@@H]4CCOC4)n2)C3=O)c1. The van der Waals surface area contributed by atoms with Crippen LogP contribution in [-0.2, 0) is 11.3 Å². The number of carbonyl (C=O) groups is 1. The molecule has 3 aromatic heterocycles. The zero-order chi connectivity index (χ0) is 20.0. The van der Waals surface area contributed by atoms with Gasteiger partial charge in [-0.3, -0.25) is 24.3 Å². The van der Waals surface area contributed by atoms with E-state index in [1.54, 1.807) is 24.4 Å². The fraction of sp³-hybridized carbons (Fsp3) is 0.333. The number of methoxy groups -OCH3 is 1. The summed E-state index contributed by atoms with van der Waals surface area (Å²) in [5.41, 5.74) is 3.93. The Morgan fingerprint density at radius 2 is 2.17 bits per heavy atom. The van der Waals surface area contributed by atoms with Crippen LogP contribution in [-0.4, -0.2) is 46.0 Å². The van der Waals surface area contributed by atoms with Crippen LogP contribution in [0, 0.1) is 6.92 Å². The summed E-state index contributed by atoms with van der Waals surface area (Å²) in [4.78, 5) is 23.7. The third-order valence-corrected chi connectivity index (χ3v) is 5.45. The predicted molar refractivity (Wildman–Crippen MR) is 106 cm³/mol. The van der Waals surface area contributed by atoms with E-state index in [1.807, 2.05) is 36.0 Å². The molecular formula is C21H21N5O3. The first-order valence-electron chi connectivity index (χ1n) is 9.59. The fourth-order valence-corrected chi connectivity index (χ4v) is 3.91. The van der Waals surface area contributed by atoms with E-state index in [-0.39, 0.29) is 11.9 Å². The van der Waals surface area contributed by atoms with E-state index in [4.69, 9.17) is 14.5 Å². The quantitative estimate of drug-likeness (QED) is 0.680. The van der Waals surface area contributed by atoms with E-state index in [0.717, 1.165) is 35.5 Å². The van der Waals surface area contributed by atoms with Gasteiger partial charge in [-0.05, 0) is 31.0 Å². The van der Waals surface area contributed by atoms with Crippen LogP contribution >= 0.6 is 0 Å². The zero-order valence-corrected chi connectivity index (χ0v) is 16.3. The normalized spacial score (nSPS) is 18.3. The van der Waals surface area contributed by atoms with Crippen molar-refractivity contribution in [2.45, 2.75) is 25.9 Å². The largest absolute Gasteiger partial charge is 0.495 e. The molecule has 2 aliphatic heterocycles. The molecule has 0 spiro atoms. The number of aromatic nitrogens is 4. The molecule has 5 rings (SSSR count). The maximum absolute atomic E-state index is 13.1. The molecule has 3 aromatic rings. The van der Waals surface area contributed by atoms with Crippen molar-refractivity contribution in [2.24, 2.45) is 0 Å². The Balaban J connectivity index is 1.46. The van der Waals surface area contributed by atoms with Gasteiger partial charge < -0.3 is 9.47 Å². The summed E-state index contributed by atoms with van der Waals surface area (Å²) < 4.78 is 12.6. The lowest BCUT2D eigenvalue weighted by molar-refractivity contribution is 0.0995. The van der Waals surface area contributed by atoms with E-state index in [1.165, 1.54) is 0 Å². The lowest BCUT2D eigenvalue weighted by Gasteiger charge is -2.12. The van der Waals surface area contributed by atoms with Crippen LogP contribution in [0.15, 0.2) is 36.8 Å². The Bertz CT molecular complexity index is 1090. The second-order valence-electron chi connectivity index (χ2n) is 7.32. The number of aryl methyl sites for hydroxylation is 1. The molecule has 0 aromatic carbocycles. The Morgan fingerprint density at radius 1 is 1.28 bits per heavy atom. The topological polar surface area (TPSA) is 82.4 Å². The minimum absolute atomic E-state index is 0.0618. The van der Waals surface area contributed by atoms with Crippen LogP contribution in [0.4, 0.5) is 5.82 Å². The van der Waals surface area contributed by atoms with Crippen LogP contribution in [0.2, 0.25) is 0 Å². The van der Waals surface area contributed by atoms with Crippen molar-refractivity contribution in [3.05, 3.63) is 53.6 Å². The van der Waals surface area contributed by atoms with Crippen molar-refractivity contribution < 1.29 is 14.3 Å². The van der Waals surface area contributed by atoms with Gasteiger partial charge in [0.2, 0.25) is 0 Å². The standard InChI is InChI=1S/C21H21N5O3/c1-13-7-17(14-8-16(28-2)10-22-9-14)23-18-11-25(21(27)20(13)18)19-3-5-26(24-19)15-4-6-29-12-15/h3,5,7-10,15H,4,6,11-12H2,1-2H3/t15-/m1/s1. The Labute approximate surface area is 168 Å². The van der Waals surface area contributed by atoms with Gasteiger partial charge >= 0.3 is 0 Å². The minimum Gasteiger partial charge on any atom is -0.495 e. The molecule has 0 aliphatic carbocycles. The maximum atomic E-state index is 13.1. The third-order valence-electron chi connectivity index (χ3n) is 5.45. The Hall–Kier alpha value is -3.26. The molecule has 5 heterocycles. The number of amides is 1. The number of hydrogen-bond acceptors (Lipinski definition) is 6. The number of rotatable bonds is 4. The smallest absolute Gasteiger partial charge is 0.262 e. The van der Waals surface area contributed by atoms with Gasteiger partial charge in [0.05, 0.1) is 49.5 Å². The van der Waals surface area contributed by atoms with Crippen molar-refractivity contribution in [1.29, 1.82) is 0 Å². The van der Waals surface area contributed by atoms with Crippen molar-refractivity contribution in [1.82, 2.24) is 19.7 Å². The summed E-state index contributed by atoms with van der Waals surface area (Å²) in [5.74, 6) is 1.25. The van der Waals surface area contributed by atoms with Gasteiger partial charge in [-0.25, -0.2) is 0 Å². The molecule has 8 heteroatoms. The second-order valence-corrected chi connectivity index (χ2v) is 7.32. The molecular weight excluding hydrogens is 370 g/mol. The molecule has 1 fully saturated rings.